The quantitative estimate of drug-likeness (QED) is 0.635. The molecule has 0 unspecified atom stereocenters. The standard InChI is InChI=1S/C18H18N2O3/c1-2-3-4-7-17(21)19-13-14-8-10-15(11-9-14)20-18(22)16-6-5-12-23-16/h2-12H,13H2,1H3,(H,19,21)(H,20,22)/b3-2+,7-4+. The zero-order valence-corrected chi connectivity index (χ0v) is 12.8. The van der Waals surface area contributed by atoms with Gasteiger partial charge in [0.05, 0.1) is 6.26 Å². The summed E-state index contributed by atoms with van der Waals surface area (Å²) in [4.78, 5) is 23.4. The number of amides is 2. The van der Waals surface area contributed by atoms with Crippen molar-refractivity contribution in [3.05, 3.63) is 78.3 Å². The molecule has 2 rings (SSSR count). The third-order valence-corrected chi connectivity index (χ3v) is 2.97. The van der Waals surface area contributed by atoms with Gasteiger partial charge in [-0.1, -0.05) is 30.4 Å². The van der Waals surface area contributed by atoms with Crippen LogP contribution in [0, 0.1) is 0 Å². The predicted octanol–water partition coefficient (Wildman–Crippen LogP) is 3.28. The second-order valence-corrected chi connectivity index (χ2v) is 4.73. The van der Waals surface area contributed by atoms with Gasteiger partial charge in [-0.15, -0.1) is 0 Å². The minimum atomic E-state index is -0.301. The number of carbonyl (C=O) groups excluding carboxylic acids is 2. The maximum absolute atomic E-state index is 11.8. The van der Waals surface area contributed by atoms with Gasteiger partial charge in [0, 0.05) is 18.3 Å². The summed E-state index contributed by atoms with van der Waals surface area (Å²) >= 11 is 0. The fraction of sp³-hybridized carbons (Fsp3) is 0.111. The Morgan fingerprint density at radius 3 is 2.57 bits per heavy atom. The first-order valence-electron chi connectivity index (χ1n) is 7.20. The molecule has 1 heterocycles. The smallest absolute Gasteiger partial charge is 0.291 e. The van der Waals surface area contributed by atoms with Gasteiger partial charge < -0.3 is 15.1 Å². The van der Waals surface area contributed by atoms with Gasteiger partial charge in [0.25, 0.3) is 5.91 Å². The zero-order valence-electron chi connectivity index (χ0n) is 12.8. The van der Waals surface area contributed by atoms with Crippen molar-refractivity contribution in [3.8, 4) is 0 Å². The lowest BCUT2D eigenvalue weighted by atomic mass is 10.2. The van der Waals surface area contributed by atoms with Crippen molar-refractivity contribution in [1.82, 2.24) is 5.32 Å². The summed E-state index contributed by atoms with van der Waals surface area (Å²) in [7, 11) is 0. The van der Waals surface area contributed by atoms with Crippen molar-refractivity contribution >= 4 is 17.5 Å². The molecule has 0 atom stereocenters. The molecule has 0 fully saturated rings. The molecule has 2 aromatic rings. The van der Waals surface area contributed by atoms with Gasteiger partial charge in [-0.2, -0.15) is 0 Å². The first kappa shape index (κ1) is 16.3. The molecule has 2 N–H and O–H groups in total. The number of allylic oxidation sites excluding steroid dienone is 3. The lowest BCUT2D eigenvalue weighted by Crippen LogP contribution is -2.20. The summed E-state index contributed by atoms with van der Waals surface area (Å²) in [6.45, 7) is 2.31. The Morgan fingerprint density at radius 1 is 1.13 bits per heavy atom. The molecule has 0 spiro atoms. The number of nitrogens with one attached hydrogen (secondary N) is 2. The fourth-order valence-corrected chi connectivity index (χ4v) is 1.81. The number of hydrogen-bond acceptors (Lipinski definition) is 3. The van der Waals surface area contributed by atoms with Gasteiger partial charge in [-0.3, -0.25) is 9.59 Å². The van der Waals surface area contributed by atoms with E-state index in [1.54, 1.807) is 36.4 Å². The lowest BCUT2D eigenvalue weighted by molar-refractivity contribution is -0.116. The molecule has 23 heavy (non-hydrogen) atoms. The number of benzene rings is 1. The summed E-state index contributed by atoms with van der Waals surface area (Å²) in [6.07, 6.45) is 8.24. The van der Waals surface area contributed by atoms with Crippen molar-refractivity contribution < 1.29 is 14.0 Å². The van der Waals surface area contributed by atoms with E-state index < -0.39 is 0 Å². The third kappa shape index (κ3) is 5.32. The molecule has 0 saturated heterocycles. The van der Waals surface area contributed by atoms with E-state index in [-0.39, 0.29) is 17.6 Å². The van der Waals surface area contributed by atoms with Crippen LogP contribution in [0.2, 0.25) is 0 Å². The second-order valence-electron chi connectivity index (χ2n) is 4.73. The third-order valence-electron chi connectivity index (χ3n) is 2.97. The molecule has 1 aromatic carbocycles. The second kappa shape index (κ2) is 8.38. The average molecular weight is 310 g/mol. The minimum absolute atomic E-state index is 0.154. The molecule has 5 heteroatoms. The Labute approximate surface area is 134 Å². The molecule has 2 amide bonds. The highest BCUT2D eigenvalue weighted by molar-refractivity contribution is 6.02. The highest BCUT2D eigenvalue weighted by Crippen LogP contribution is 2.11. The van der Waals surface area contributed by atoms with Crippen LogP contribution in [0.1, 0.15) is 23.0 Å². The molecule has 0 saturated carbocycles. The first-order chi connectivity index (χ1) is 11.2. The van der Waals surface area contributed by atoms with Gasteiger partial charge in [0.2, 0.25) is 5.91 Å². The van der Waals surface area contributed by atoms with Crippen LogP contribution in [-0.2, 0) is 11.3 Å². The van der Waals surface area contributed by atoms with Crippen LogP contribution in [-0.4, -0.2) is 11.8 Å². The van der Waals surface area contributed by atoms with Gasteiger partial charge in [0.15, 0.2) is 5.76 Å². The predicted molar refractivity (Wildman–Crippen MR) is 88.9 cm³/mol. The molecular formula is C18H18N2O3. The minimum Gasteiger partial charge on any atom is -0.459 e. The van der Waals surface area contributed by atoms with E-state index in [9.17, 15) is 9.59 Å². The Balaban J connectivity index is 1.85. The van der Waals surface area contributed by atoms with Gasteiger partial charge >= 0.3 is 0 Å². The van der Waals surface area contributed by atoms with Gasteiger partial charge in [-0.05, 0) is 36.8 Å². The van der Waals surface area contributed by atoms with Crippen molar-refractivity contribution in [2.75, 3.05) is 5.32 Å². The Morgan fingerprint density at radius 2 is 1.91 bits per heavy atom. The molecular weight excluding hydrogens is 292 g/mol. The van der Waals surface area contributed by atoms with Crippen LogP contribution < -0.4 is 10.6 Å². The maximum atomic E-state index is 11.8. The normalized spacial score (nSPS) is 11.0. The van der Waals surface area contributed by atoms with Crippen molar-refractivity contribution in [2.24, 2.45) is 0 Å². The van der Waals surface area contributed by atoms with E-state index in [1.165, 1.54) is 12.3 Å². The van der Waals surface area contributed by atoms with E-state index in [0.29, 0.717) is 12.2 Å². The summed E-state index contributed by atoms with van der Waals surface area (Å²) in [5.74, 6) is -0.197. The van der Waals surface area contributed by atoms with E-state index in [1.807, 2.05) is 25.1 Å². The van der Waals surface area contributed by atoms with Crippen LogP contribution in [0.15, 0.2) is 71.4 Å². The highest BCUT2D eigenvalue weighted by atomic mass is 16.3. The van der Waals surface area contributed by atoms with E-state index >= 15 is 0 Å². The van der Waals surface area contributed by atoms with Crippen LogP contribution in [0.25, 0.3) is 0 Å². The molecule has 0 aliphatic carbocycles. The lowest BCUT2D eigenvalue weighted by Gasteiger charge is -2.06. The van der Waals surface area contributed by atoms with Crippen molar-refractivity contribution in [3.63, 3.8) is 0 Å². The van der Waals surface area contributed by atoms with E-state index in [4.69, 9.17) is 4.42 Å². The summed E-state index contributed by atoms with van der Waals surface area (Å²) < 4.78 is 5.03. The van der Waals surface area contributed by atoms with Crippen molar-refractivity contribution in [2.45, 2.75) is 13.5 Å². The Bertz CT molecular complexity index is 698. The zero-order chi connectivity index (χ0) is 16.5. The largest absolute Gasteiger partial charge is 0.459 e. The van der Waals surface area contributed by atoms with E-state index in [0.717, 1.165) is 5.56 Å². The summed E-state index contributed by atoms with van der Waals surface area (Å²) in [5, 5.41) is 5.51. The van der Waals surface area contributed by atoms with Crippen molar-refractivity contribution in [1.29, 1.82) is 0 Å². The maximum Gasteiger partial charge on any atom is 0.291 e. The topological polar surface area (TPSA) is 71.3 Å². The molecule has 0 aliphatic heterocycles. The SMILES string of the molecule is C/C=C/C=C/C(=O)NCc1ccc(NC(=O)c2ccco2)cc1. The van der Waals surface area contributed by atoms with Gasteiger partial charge in [0.1, 0.15) is 0 Å². The number of carbonyl (C=O) groups is 2. The van der Waals surface area contributed by atoms with Gasteiger partial charge in [-0.25, -0.2) is 0 Å². The molecule has 118 valence electrons. The highest BCUT2D eigenvalue weighted by Gasteiger charge is 2.08. The van der Waals surface area contributed by atoms with E-state index in [2.05, 4.69) is 10.6 Å². The van der Waals surface area contributed by atoms with Crippen LogP contribution in [0.4, 0.5) is 5.69 Å². The number of rotatable bonds is 6. The van der Waals surface area contributed by atoms with Crippen LogP contribution in [0.3, 0.4) is 0 Å². The fourth-order valence-electron chi connectivity index (χ4n) is 1.81. The Hall–Kier alpha value is -3.08. The monoisotopic (exact) mass is 310 g/mol. The molecule has 5 nitrogen and oxygen atoms in total. The van der Waals surface area contributed by atoms with Crippen LogP contribution >= 0.6 is 0 Å². The Kier molecular flexibility index (Phi) is 5.94. The molecule has 0 radical (unpaired) electrons. The number of anilines is 1. The number of furan rings is 1. The molecule has 1 aromatic heterocycles. The van der Waals surface area contributed by atoms with Crippen LogP contribution in [0.5, 0.6) is 0 Å². The summed E-state index contributed by atoms with van der Waals surface area (Å²) in [5.41, 5.74) is 1.60. The first-order valence-corrected chi connectivity index (χ1v) is 7.20. The average Bonchev–Trinajstić information content (AvgIpc) is 3.09. The number of hydrogen-bond donors (Lipinski definition) is 2. The molecule has 0 bridgehead atoms. The molecule has 0 aliphatic rings. The summed E-state index contributed by atoms with van der Waals surface area (Å²) in [6, 6.07) is 10.5.